The van der Waals surface area contributed by atoms with Crippen LogP contribution in [0.2, 0.25) is 0 Å². The van der Waals surface area contributed by atoms with Crippen molar-refractivity contribution in [2.24, 2.45) is 0 Å². The van der Waals surface area contributed by atoms with Crippen molar-refractivity contribution >= 4 is 12.6 Å². The van der Waals surface area contributed by atoms with E-state index in [0.717, 1.165) is 11.3 Å². The van der Waals surface area contributed by atoms with Gasteiger partial charge < -0.3 is 4.52 Å². The molecule has 1 rings (SSSR count). The summed E-state index contributed by atoms with van der Waals surface area (Å²) in [5.41, 5.74) is 1.99. The number of nitrogens with zero attached hydrogens (tertiary/aromatic N) is 1. The predicted octanol–water partition coefficient (Wildman–Crippen LogP) is 1.41. The number of aryl methyl sites for hydroxylation is 1. The molecule has 0 N–H and O–H groups in total. The highest BCUT2D eigenvalue weighted by atomic mass is 32.1. The number of hydrogen-bond donors (Lipinski definition) is 1. The van der Waals surface area contributed by atoms with Crippen LogP contribution in [0.3, 0.4) is 0 Å². The molecule has 0 saturated carbocycles. The second kappa shape index (κ2) is 2.22. The molecule has 1 heterocycles. The van der Waals surface area contributed by atoms with E-state index in [1.165, 1.54) is 0 Å². The van der Waals surface area contributed by atoms with Gasteiger partial charge in [0.15, 0.2) is 0 Å². The molecule has 0 unspecified atom stereocenters. The Balaban J connectivity index is 2.92. The van der Waals surface area contributed by atoms with E-state index in [2.05, 4.69) is 22.3 Å². The van der Waals surface area contributed by atoms with Crippen LogP contribution in [0.25, 0.3) is 0 Å². The predicted molar refractivity (Wildman–Crippen MR) is 33.9 cm³/mol. The average Bonchev–Trinajstić information content (AvgIpc) is 2.14. The normalized spacial score (nSPS) is 9.75. The molecule has 0 aliphatic carbocycles. The summed E-state index contributed by atoms with van der Waals surface area (Å²) in [5.74, 6) is 0.704. The third-order valence-corrected chi connectivity index (χ3v) is 1.36. The lowest BCUT2D eigenvalue weighted by molar-refractivity contribution is 0.414. The molecule has 0 aromatic carbocycles. The van der Waals surface area contributed by atoms with E-state index in [0.29, 0.717) is 5.75 Å². The smallest absolute Gasteiger partial charge is 0.128 e. The minimum absolute atomic E-state index is 0.704. The maximum atomic E-state index is 4.64. The highest BCUT2D eigenvalue weighted by Crippen LogP contribution is 2.06. The zero-order valence-electron chi connectivity index (χ0n) is 4.59. The molecule has 44 valence electrons. The lowest BCUT2D eigenvalue weighted by Gasteiger charge is -1.82. The lowest BCUT2D eigenvalue weighted by Crippen LogP contribution is -1.75. The van der Waals surface area contributed by atoms with Crippen molar-refractivity contribution in [2.75, 3.05) is 0 Å². The lowest BCUT2D eigenvalue weighted by atomic mass is 10.3. The fraction of sp³-hybridized carbons (Fsp3) is 0.400. The monoisotopic (exact) mass is 129 g/mol. The Morgan fingerprint density at radius 3 is 2.88 bits per heavy atom. The van der Waals surface area contributed by atoms with Crippen LogP contribution in [0.5, 0.6) is 0 Å². The molecule has 0 aliphatic heterocycles. The van der Waals surface area contributed by atoms with Gasteiger partial charge in [-0.2, -0.15) is 12.6 Å². The van der Waals surface area contributed by atoms with Crippen LogP contribution >= 0.6 is 12.6 Å². The Morgan fingerprint density at radius 2 is 2.62 bits per heavy atom. The zero-order valence-corrected chi connectivity index (χ0v) is 5.48. The van der Waals surface area contributed by atoms with Gasteiger partial charge in [0.25, 0.3) is 0 Å². The second-order valence-corrected chi connectivity index (χ2v) is 1.90. The van der Waals surface area contributed by atoms with E-state index in [1.54, 1.807) is 6.26 Å². The van der Waals surface area contributed by atoms with Crippen LogP contribution in [-0.4, -0.2) is 5.16 Å². The molecular weight excluding hydrogens is 122 g/mol. The Morgan fingerprint density at radius 1 is 1.88 bits per heavy atom. The molecule has 0 saturated heterocycles. The third-order valence-electron chi connectivity index (χ3n) is 1.02. The fourth-order valence-electron chi connectivity index (χ4n) is 0.465. The average molecular weight is 129 g/mol. The number of hydrogen-bond acceptors (Lipinski definition) is 3. The summed E-state index contributed by atoms with van der Waals surface area (Å²) in [7, 11) is 0. The van der Waals surface area contributed by atoms with Gasteiger partial charge in [-0.15, -0.1) is 0 Å². The summed E-state index contributed by atoms with van der Waals surface area (Å²) in [5, 5.41) is 3.66. The summed E-state index contributed by atoms with van der Waals surface area (Å²) in [6.45, 7) is 1.90. The van der Waals surface area contributed by atoms with Gasteiger partial charge in [0.05, 0.1) is 5.69 Å². The molecule has 2 nitrogen and oxygen atoms in total. The van der Waals surface area contributed by atoms with E-state index >= 15 is 0 Å². The van der Waals surface area contributed by atoms with Crippen LogP contribution in [0.4, 0.5) is 0 Å². The van der Waals surface area contributed by atoms with Crippen molar-refractivity contribution < 1.29 is 4.52 Å². The highest BCUT2D eigenvalue weighted by molar-refractivity contribution is 7.79. The second-order valence-electron chi connectivity index (χ2n) is 1.58. The van der Waals surface area contributed by atoms with Gasteiger partial charge in [0, 0.05) is 11.3 Å². The summed E-state index contributed by atoms with van der Waals surface area (Å²) in [6.07, 6.45) is 1.61. The minimum Gasteiger partial charge on any atom is -0.364 e. The van der Waals surface area contributed by atoms with Crippen molar-refractivity contribution in [3.05, 3.63) is 17.5 Å². The quantitative estimate of drug-likeness (QED) is 0.580. The van der Waals surface area contributed by atoms with Crippen molar-refractivity contribution in [1.29, 1.82) is 0 Å². The fourth-order valence-corrected chi connectivity index (χ4v) is 0.768. The maximum Gasteiger partial charge on any atom is 0.128 e. The van der Waals surface area contributed by atoms with Gasteiger partial charge in [-0.05, 0) is 6.92 Å². The Labute approximate surface area is 53.3 Å². The molecule has 8 heavy (non-hydrogen) atoms. The molecule has 1 aromatic heterocycles. The number of thiol groups is 1. The van der Waals surface area contributed by atoms with Gasteiger partial charge in [-0.3, -0.25) is 0 Å². The molecule has 0 amide bonds. The number of aromatic nitrogens is 1. The van der Waals surface area contributed by atoms with Crippen molar-refractivity contribution in [3.63, 3.8) is 0 Å². The first kappa shape index (κ1) is 5.69. The summed E-state index contributed by atoms with van der Waals surface area (Å²) < 4.78 is 4.64. The van der Waals surface area contributed by atoms with E-state index in [9.17, 15) is 0 Å². The van der Waals surface area contributed by atoms with Crippen molar-refractivity contribution in [2.45, 2.75) is 12.7 Å². The van der Waals surface area contributed by atoms with Crippen LogP contribution in [0.15, 0.2) is 10.8 Å². The standard InChI is InChI=1S/C5H7NOS/c1-4-5(3-8)2-7-6-4/h2,8H,3H2,1H3. The molecular formula is C5H7NOS. The molecule has 1 aromatic rings. The van der Waals surface area contributed by atoms with E-state index in [-0.39, 0.29) is 0 Å². The zero-order chi connectivity index (χ0) is 5.98. The number of rotatable bonds is 1. The molecule has 0 aliphatic rings. The van der Waals surface area contributed by atoms with Gasteiger partial charge in [-0.25, -0.2) is 0 Å². The summed E-state index contributed by atoms with van der Waals surface area (Å²) in [4.78, 5) is 0. The molecule has 0 fully saturated rings. The van der Waals surface area contributed by atoms with E-state index in [4.69, 9.17) is 0 Å². The molecule has 0 atom stereocenters. The first-order valence-electron chi connectivity index (χ1n) is 2.35. The highest BCUT2D eigenvalue weighted by Gasteiger charge is 1.96. The van der Waals surface area contributed by atoms with Crippen molar-refractivity contribution in [3.8, 4) is 0 Å². The Bertz CT molecular complexity index is 173. The molecule has 0 spiro atoms. The third kappa shape index (κ3) is 0.865. The van der Waals surface area contributed by atoms with Crippen LogP contribution < -0.4 is 0 Å². The van der Waals surface area contributed by atoms with Crippen LogP contribution in [0.1, 0.15) is 11.3 Å². The topological polar surface area (TPSA) is 26.0 Å². The Kier molecular flexibility index (Phi) is 1.58. The van der Waals surface area contributed by atoms with Gasteiger partial charge in [0.2, 0.25) is 0 Å². The minimum atomic E-state index is 0.704. The van der Waals surface area contributed by atoms with Gasteiger partial charge >= 0.3 is 0 Å². The first-order chi connectivity index (χ1) is 3.84. The van der Waals surface area contributed by atoms with E-state index < -0.39 is 0 Å². The summed E-state index contributed by atoms with van der Waals surface area (Å²) in [6, 6.07) is 0. The van der Waals surface area contributed by atoms with E-state index in [1.807, 2.05) is 6.92 Å². The first-order valence-corrected chi connectivity index (χ1v) is 2.98. The molecule has 3 heteroatoms. The van der Waals surface area contributed by atoms with Crippen LogP contribution in [0, 0.1) is 6.92 Å². The molecule has 0 bridgehead atoms. The maximum absolute atomic E-state index is 4.64. The van der Waals surface area contributed by atoms with Gasteiger partial charge in [-0.1, -0.05) is 5.16 Å². The Hall–Kier alpha value is -0.440. The summed E-state index contributed by atoms with van der Waals surface area (Å²) >= 11 is 4.05. The van der Waals surface area contributed by atoms with Crippen molar-refractivity contribution in [1.82, 2.24) is 5.16 Å². The SMILES string of the molecule is Cc1nocc1CS. The van der Waals surface area contributed by atoms with Crippen LogP contribution in [-0.2, 0) is 5.75 Å². The molecule has 0 radical (unpaired) electrons. The van der Waals surface area contributed by atoms with Gasteiger partial charge in [0.1, 0.15) is 6.26 Å². The largest absolute Gasteiger partial charge is 0.364 e.